The molecule has 34 heavy (non-hydrogen) atoms. The molecule has 0 radical (unpaired) electrons. The quantitative estimate of drug-likeness (QED) is 0.466. The molecule has 2 heterocycles. The Morgan fingerprint density at radius 2 is 1.91 bits per heavy atom. The van der Waals surface area contributed by atoms with Crippen molar-refractivity contribution in [1.82, 2.24) is 10.5 Å². The zero-order valence-electron chi connectivity index (χ0n) is 18.5. The predicted molar refractivity (Wildman–Crippen MR) is 123 cm³/mol. The van der Waals surface area contributed by atoms with Crippen molar-refractivity contribution in [3.63, 3.8) is 0 Å². The summed E-state index contributed by atoms with van der Waals surface area (Å²) >= 11 is 1.40. The summed E-state index contributed by atoms with van der Waals surface area (Å²) in [5.41, 5.74) is 0.916. The third-order valence-corrected chi connectivity index (χ3v) is 6.49. The maximum atomic E-state index is 13.8. The minimum atomic E-state index is -4.54. The fourth-order valence-corrected chi connectivity index (χ4v) is 4.61. The summed E-state index contributed by atoms with van der Waals surface area (Å²) in [4.78, 5) is 15.4. The lowest BCUT2D eigenvalue weighted by Gasteiger charge is -2.29. The number of aryl methyl sites for hydroxylation is 1. The van der Waals surface area contributed by atoms with Crippen LogP contribution in [0, 0.1) is 6.92 Å². The van der Waals surface area contributed by atoms with E-state index in [1.807, 2.05) is 17.9 Å². The van der Waals surface area contributed by atoms with E-state index in [0.717, 1.165) is 11.8 Å². The van der Waals surface area contributed by atoms with Crippen LogP contribution in [0.2, 0.25) is 0 Å². The highest BCUT2D eigenvalue weighted by Gasteiger charge is 2.34. The molecule has 0 saturated carbocycles. The molecule has 0 bridgehead atoms. The van der Waals surface area contributed by atoms with E-state index in [1.165, 1.54) is 17.8 Å². The zero-order valence-corrected chi connectivity index (χ0v) is 19.3. The van der Waals surface area contributed by atoms with Gasteiger partial charge in [0.05, 0.1) is 35.8 Å². The standard InChI is InChI=1S/C24H24F3N3O3S/c1-16-12-19(33-29-16)15-34-22-5-3-2-4-20(22)23(31)28-14-17-6-7-18(13-21(17)24(25,26)27)30-8-10-32-11-9-30/h2-7,12-13H,8-11,14-15H2,1H3,(H,28,31). The minimum absolute atomic E-state index is 0.0140. The molecule has 0 spiro atoms. The molecular formula is C24H24F3N3O3S. The third-order valence-electron chi connectivity index (χ3n) is 5.39. The number of carbonyl (C=O) groups excluding carboxylic acids is 1. The Morgan fingerprint density at radius 1 is 1.15 bits per heavy atom. The van der Waals surface area contributed by atoms with Gasteiger partial charge in [-0.2, -0.15) is 13.2 Å². The molecule has 4 rings (SSSR count). The molecule has 1 aliphatic heterocycles. The van der Waals surface area contributed by atoms with Crippen molar-refractivity contribution in [2.24, 2.45) is 0 Å². The number of carbonyl (C=O) groups is 1. The van der Waals surface area contributed by atoms with Crippen LogP contribution in [0.3, 0.4) is 0 Å². The summed E-state index contributed by atoms with van der Waals surface area (Å²) in [7, 11) is 0. The van der Waals surface area contributed by atoms with Crippen molar-refractivity contribution >= 4 is 23.4 Å². The fourth-order valence-electron chi connectivity index (χ4n) is 3.68. The Bertz CT molecular complexity index is 1140. The van der Waals surface area contributed by atoms with Gasteiger partial charge in [-0.05, 0) is 36.8 Å². The zero-order chi connectivity index (χ0) is 24.1. The molecule has 1 saturated heterocycles. The summed E-state index contributed by atoms with van der Waals surface area (Å²) in [6, 6.07) is 13.0. The number of halogens is 3. The van der Waals surface area contributed by atoms with E-state index in [4.69, 9.17) is 9.26 Å². The molecule has 1 N–H and O–H groups in total. The second-order valence-corrected chi connectivity index (χ2v) is 8.86. The Morgan fingerprint density at radius 3 is 2.62 bits per heavy atom. The van der Waals surface area contributed by atoms with Gasteiger partial charge in [0.1, 0.15) is 5.76 Å². The van der Waals surface area contributed by atoms with Crippen LogP contribution >= 0.6 is 11.8 Å². The van der Waals surface area contributed by atoms with E-state index in [2.05, 4.69) is 10.5 Å². The van der Waals surface area contributed by atoms with Crippen LogP contribution in [0.1, 0.15) is 32.9 Å². The van der Waals surface area contributed by atoms with Gasteiger partial charge in [0.25, 0.3) is 5.91 Å². The first kappa shape index (κ1) is 24.2. The fraction of sp³-hybridized carbons (Fsp3) is 0.333. The SMILES string of the molecule is Cc1cc(CSc2ccccc2C(=O)NCc2ccc(N3CCOCC3)cc2C(F)(F)F)on1. The molecule has 1 aliphatic rings. The lowest BCUT2D eigenvalue weighted by molar-refractivity contribution is -0.138. The Balaban J connectivity index is 1.47. The maximum absolute atomic E-state index is 13.8. The number of benzene rings is 2. The molecule has 6 nitrogen and oxygen atoms in total. The van der Waals surface area contributed by atoms with Gasteiger partial charge in [0, 0.05) is 36.3 Å². The highest BCUT2D eigenvalue weighted by molar-refractivity contribution is 7.98. The van der Waals surface area contributed by atoms with E-state index in [-0.39, 0.29) is 12.1 Å². The number of thioether (sulfide) groups is 1. The monoisotopic (exact) mass is 491 g/mol. The summed E-state index contributed by atoms with van der Waals surface area (Å²) in [6.07, 6.45) is -4.54. The molecule has 0 unspecified atom stereocenters. The van der Waals surface area contributed by atoms with Crippen LogP contribution in [0.25, 0.3) is 0 Å². The molecule has 10 heteroatoms. The van der Waals surface area contributed by atoms with Gasteiger partial charge in [-0.1, -0.05) is 23.4 Å². The predicted octanol–water partition coefficient (Wildman–Crippen LogP) is 5.06. The highest BCUT2D eigenvalue weighted by atomic mass is 32.2. The van der Waals surface area contributed by atoms with Gasteiger partial charge in [-0.25, -0.2) is 0 Å². The normalized spacial score (nSPS) is 14.3. The lowest BCUT2D eigenvalue weighted by Crippen LogP contribution is -2.36. The summed E-state index contributed by atoms with van der Waals surface area (Å²) in [6.45, 7) is 3.61. The van der Waals surface area contributed by atoms with Gasteiger partial charge < -0.3 is 19.5 Å². The van der Waals surface area contributed by atoms with Gasteiger partial charge in [-0.15, -0.1) is 11.8 Å². The average Bonchev–Trinajstić information content (AvgIpc) is 3.26. The molecule has 1 fully saturated rings. The minimum Gasteiger partial charge on any atom is -0.378 e. The van der Waals surface area contributed by atoms with E-state index >= 15 is 0 Å². The second kappa shape index (κ2) is 10.5. The van der Waals surface area contributed by atoms with Crippen molar-refractivity contribution in [2.75, 3.05) is 31.2 Å². The number of amides is 1. The summed E-state index contributed by atoms with van der Waals surface area (Å²) in [5.74, 6) is 0.710. The first-order valence-electron chi connectivity index (χ1n) is 10.8. The lowest BCUT2D eigenvalue weighted by atomic mass is 10.0. The molecule has 0 aliphatic carbocycles. The number of ether oxygens (including phenoxy) is 1. The number of anilines is 1. The Hall–Kier alpha value is -2.98. The van der Waals surface area contributed by atoms with E-state index in [0.29, 0.717) is 54.0 Å². The van der Waals surface area contributed by atoms with Crippen molar-refractivity contribution in [3.8, 4) is 0 Å². The number of hydrogen-bond donors (Lipinski definition) is 1. The molecule has 0 atom stereocenters. The van der Waals surface area contributed by atoms with Crippen LogP contribution in [-0.2, 0) is 23.2 Å². The van der Waals surface area contributed by atoms with Crippen LogP contribution in [0.5, 0.6) is 0 Å². The van der Waals surface area contributed by atoms with Crippen molar-refractivity contribution in [3.05, 3.63) is 76.7 Å². The molecule has 2 aromatic carbocycles. The molecule has 180 valence electrons. The van der Waals surface area contributed by atoms with Gasteiger partial charge in [-0.3, -0.25) is 4.79 Å². The molecule has 1 amide bonds. The van der Waals surface area contributed by atoms with E-state index in [9.17, 15) is 18.0 Å². The third kappa shape index (κ3) is 5.92. The van der Waals surface area contributed by atoms with Crippen LogP contribution in [0.15, 0.2) is 57.9 Å². The van der Waals surface area contributed by atoms with Gasteiger partial charge in [0.2, 0.25) is 0 Å². The largest absolute Gasteiger partial charge is 0.416 e. The van der Waals surface area contributed by atoms with Crippen LogP contribution in [0.4, 0.5) is 18.9 Å². The number of nitrogens with one attached hydrogen (secondary N) is 1. The molecular weight excluding hydrogens is 467 g/mol. The number of hydrogen-bond acceptors (Lipinski definition) is 6. The summed E-state index contributed by atoms with van der Waals surface area (Å²) < 4.78 is 51.9. The van der Waals surface area contributed by atoms with Gasteiger partial charge >= 0.3 is 6.18 Å². The first-order valence-corrected chi connectivity index (χ1v) is 11.7. The van der Waals surface area contributed by atoms with Crippen LogP contribution < -0.4 is 10.2 Å². The number of alkyl halides is 3. The van der Waals surface area contributed by atoms with Crippen molar-refractivity contribution < 1.29 is 27.2 Å². The average molecular weight is 492 g/mol. The Kier molecular flexibility index (Phi) is 7.47. The van der Waals surface area contributed by atoms with Gasteiger partial charge in [0.15, 0.2) is 0 Å². The second-order valence-electron chi connectivity index (χ2n) is 7.84. The smallest absolute Gasteiger partial charge is 0.378 e. The van der Waals surface area contributed by atoms with Crippen molar-refractivity contribution in [2.45, 2.75) is 30.3 Å². The van der Waals surface area contributed by atoms with Crippen LogP contribution in [-0.4, -0.2) is 37.4 Å². The topological polar surface area (TPSA) is 67.6 Å². The maximum Gasteiger partial charge on any atom is 0.416 e. The Labute approximate surface area is 199 Å². The van der Waals surface area contributed by atoms with E-state index < -0.39 is 17.6 Å². The highest BCUT2D eigenvalue weighted by Crippen LogP contribution is 2.35. The number of aromatic nitrogens is 1. The number of rotatable bonds is 7. The number of morpholine rings is 1. The van der Waals surface area contributed by atoms with E-state index in [1.54, 1.807) is 30.3 Å². The van der Waals surface area contributed by atoms with Crippen molar-refractivity contribution in [1.29, 1.82) is 0 Å². The molecule has 1 aromatic heterocycles. The summed E-state index contributed by atoms with van der Waals surface area (Å²) in [5, 5.41) is 6.49. The first-order chi connectivity index (χ1) is 16.3. The number of nitrogens with zero attached hydrogens (tertiary/aromatic N) is 2. The molecule has 3 aromatic rings.